The Labute approximate surface area is 114 Å². The van der Waals surface area contributed by atoms with Gasteiger partial charge in [-0.3, -0.25) is 4.79 Å². The molecule has 4 nitrogen and oxygen atoms in total. The van der Waals surface area contributed by atoms with E-state index in [9.17, 15) is 4.79 Å². The van der Waals surface area contributed by atoms with Crippen LogP contribution in [0.2, 0.25) is 0 Å². The third-order valence-electron chi connectivity index (χ3n) is 2.64. The Morgan fingerprint density at radius 2 is 1.95 bits per heavy atom. The van der Waals surface area contributed by atoms with Gasteiger partial charge in [0, 0.05) is 12.2 Å². The highest BCUT2D eigenvalue weighted by atomic mass is 16.5. The lowest BCUT2D eigenvalue weighted by Gasteiger charge is -2.11. The maximum atomic E-state index is 10.7. The van der Waals surface area contributed by atoms with Crippen molar-refractivity contribution in [3.63, 3.8) is 0 Å². The van der Waals surface area contributed by atoms with E-state index in [-0.39, 0.29) is 6.42 Å². The maximum Gasteiger partial charge on any atom is 0.307 e. The van der Waals surface area contributed by atoms with Gasteiger partial charge in [-0.05, 0) is 18.4 Å². The molecule has 0 unspecified atom stereocenters. The molecule has 0 heterocycles. The fraction of sp³-hybridized carbons (Fsp3) is 0.533. The fourth-order valence-corrected chi connectivity index (χ4v) is 1.59. The Morgan fingerprint density at radius 3 is 2.63 bits per heavy atom. The number of carboxylic acids is 1. The lowest BCUT2D eigenvalue weighted by atomic mass is 10.1. The van der Waals surface area contributed by atoms with Crippen molar-refractivity contribution in [2.24, 2.45) is 5.92 Å². The van der Waals surface area contributed by atoms with Crippen LogP contribution in [-0.2, 0) is 16.0 Å². The number of rotatable bonds is 9. The predicted octanol–water partition coefficient (Wildman–Crippen LogP) is 2.76. The summed E-state index contributed by atoms with van der Waals surface area (Å²) >= 11 is 0. The largest absolute Gasteiger partial charge is 0.491 e. The van der Waals surface area contributed by atoms with Crippen molar-refractivity contribution in [2.75, 3.05) is 19.8 Å². The number of ether oxygens (including phenoxy) is 2. The minimum absolute atomic E-state index is 0.0234. The second-order valence-electron chi connectivity index (χ2n) is 4.82. The Balaban J connectivity index is 2.30. The topological polar surface area (TPSA) is 55.8 Å². The van der Waals surface area contributed by atoms with E-state index in [4.69, 9.17) is 14.6 Å². The standard InChI is InChI=1S/C15H22O4/c1-12(2)7-8-18-9-10-19-14-6-4-3-5-13(14)11-15(16)17/h3-6,12H,7-11H2,1-2H3,(H,16,17). The summed E-state index contributed by atoms with van der Waals surface area (Å²) in [6, 6.07) is 7.19. The summed E-state index contributed by atoms with van der Waals surface area (Å²) in [5.74, 6) is 0.402. The first-order valence-electron chi connectivity index (χ1n) is 6.60. The number of para-hydroxylation sites is 1. The van der Waals surface area contributed by atoms with Crippen LogP contribution in [0, 0.1) is 5.92 Å². The van der Waals surface area contributed by atoms with Gasteiger partial charge in [0.1, 0.15) is 12.4 Å². The van der Waals surface area contributed by atoms with Crippen LogP contribution < -0.4 is 4.74 Å². The molecule has 0 bridgehead atoms. The number of aliphatic carboxylic acids is 1. The van der Waals surface area contributed by atoms with Crippen molar-refractivity contribution in [3.05, 3.63) is 29.8 Å². The van der Waals surface area contributed by atoms with Gasteiger partial charge in [-0.15, -0.1) is 0 Å². The molecule has 1 aromatic carbocycles. The molecule has 0 aliphatic carbocycles. The molecule has 4 heteroatoms. The van der Waals surface area contributed by atoms with Gasteiger partial charge < -0.3 is 14.6 Å². The van der Waals surface area contributed by atoms with E-state index in [1.54, 1.807) is 12.1 Å². The van der Waals surface area contributed by atoms with Crippen molar-refractivity contribution in [1.82, 2.24) is 0 Å². The summed E-state index contributed by atoms with van der Waals surface area (Å²) in [6.07, 6.45) is 1.01. The van der Waals surface area contributed by atoms with Crippen molar-refractivity contribution in [2.45, 2.75) is 26.7 Å². The van der Waals surface area contributed by atoms with E-state index >= 15 is 0 Å². The summed E-state index contributed by atoms with van der Waals surface area (Å²) < 4.78 is 11.0. The molecule has 0 saturated carbocycles. The highest BCUT2D eigenvalue weighted by Gasteiger charge is 2.06. The molecule has 0 saturated heterocycles. The van der Waals surface area contributed by atoms with Gasteiger partial charge in [-0.1, -0.05) is 32.0 Å². The minimum Gasteiger partial charge on any atom is -0.491 e. The quantitative estimate of drug-likeness (QED) is 0.698. The van der Waals surface area contributed by atoms with E-state index in [1.165, 1.54) is 0 Å². The fourth-order valence-electron chi connectivity index (χ4n) is 1.59. The Bertz CT molecular complexity index is 387. The molecule has 1 N–H and O–H groups in total. The molecule has 0 aliphatic heterocycles. The van der Waals surface area contributed by atoms with E-state index in [0.29, 0.717) is 30.4 Å². The molecular formula is C15H22O4. The molecule has 0 atom stereocenters. The highest BCUT2D eigenvalue weighted by Crippen LogP contribution is 2.18. The van der Waals surface area contributed by atoms with Crippen LogP contribution >= 0.6 is 0 Å². The average Bonchev–Trinajstić information content (AvgIpc) is 2.34. The molecule has 0 aliphatic rings. The van der Waals surface area contributed by atoms with Gasteiger partial charge in [-0.25, -0.2) is 0 Å². The van der Waals surface area contributed by atoms with Crippen molar-refractivity contribution < 1.29 is 19.4 Å². The van der Waals surface area contributed by atoms with Crippen molar-refractivity contribution >= 4 is 5.97 Å². The molecule has 19 heavy (non-hydrogen) atoms. The van der Waals surface area contributed by atoms with Crippen LogP contribution in [0.4, 0.5) is 0 Å². The number of hydrogen-bond acceptors (Lipinski definition) is 3. The molecule has 1 rings (SSSR count). The molecule has 0 fully saturated rings. The summed E-state index contributed by atoms with van der Waals surface area (Å²) in [5.41, 5.74) is 0.692. The van der Waals surface area contributed by atoms with Crippen molar-refractivity contribution in [3.8, 4) is 5.75 Å². The third kappa shape index (κ3) is 6.82. The first kappa shape index (κ1) is 15.5. The lowest BCUT2D eigenvalue weighted by molar-refractivity contribution is -0.136. The number of hydrogen-bond donors (Lipinski definition) is 1. The molecular weight excluding hydrogens is 244 g/mol. The Morgan fingerprint density at radius 1 is 1.21 bits per heavy atom. The van der Waals surface area contributed by atoms with E-state index < -0.39 is 5.97 Å². The Hall–Kier alpha value is -1.55. The maximum absolute atomic E-state index is 10.7. The molecule has 0 aromatic heterocycles. The first-order chi connectivity index (χ1) is 9.09. The SMILES string of the molecule is CC(C)CCOCCOc1ccccc1CC(=O)O. The van der Waals surface area contributed by atoms with E-state index in [2.05, 4.69) is 13.8 Å². The predicted molar refractivity (Wildman–Crippen MR) is 73.6 cm³/mol. The van der Waals surface area contributed by atoms with Crippen LogP contribution in [0.5, 0.6) is 5.75 Å². The van der Waals surface area contributed by atoms with Crippen LogP contribution in [0.1, 0.15) is 25.8 Å². The first-order valence-corrected chi connectivity index (χ1v) is 6.60. The third-order valence-corrected chi connectivity index (χ3v) is 2.64. The zero-order valence-corrected chi connectivity index (χ0v) is 11.6. The van der Waals surface area contributed by atoms with Crippen LogP contribution in [0.3, 0.4) is 0 Å². The molecule has 0 amide bonds. The zero-order chi connectivity index (χ0) is 14.1. The second-order valence-corrected chi connectivity index (χ2v) is 4.82. The van der Waals surface area contributed by atoms with Gasteiger partial charge >= 0.3 is 5.97 Å². The second kappa shape index (κ2) is 8.53. The van der Waals surface area contributed by atoms with Gasteiger partial charge in [0.15, 0.2) is 0 Å². The zero-order valence-electron chi connectivity index (χ0n) is 11.6. The number of carboxylic acid groups (broad SMARTS) is 1. The summed E-state index contributed by atoms with van der Waals surface area (Å²) in [5, 5.41) is 8.80. The minimum atomic E-state index is -0.857. The number of carbonyl (C=O) groups is 1. The van der Waals surface area contributed by atoms with Crippen LogP contribution in [0.25, 0.3) is 0 Å². The molecule has 0 spiro atoms. The van der Waals surface area contributed by atoms with E-state index in [1.807, 2.05) is 12.1 Å². The van der Waals surface area contributed by atoms with Gasteiger partial charge in [-0.2, -0.15) is 0 Å². The van der Waals surface area contributed by atoms with Crippen LogP contribution in [0.15, 0.2) is 24.3 Å². The molecule has 0 radical (unpaired) electrons. The Kier molecular flexibility index (Phi) is 6.97. The highest BCUT2D eigenvalue weighted by molar-refractivity contribution is 5.71. The summed E-state index contributed by atoms with van der Waals surface area (Å²) in [4.78, 5) is 10.7. The monoisotopic (exact) mass is 266 g/mol. The summed E-state index contributed by atoms with van der Waals surface area (Å²) in [6.45, 7) is 6.00. The lowest BCUT2D eigenvalue weighted by Crippen LogP contribution is -2.10. The normalized spacial score (nSPS) is 10.7. The summed E-state index contributed by atoms with van der Waals surface area (Å²) in [7, 11) is 0. The van der Waals surface area contributed by atoms with E-state index in [0.717, 1.165) is 13.0 Å². The van der Waals surface area contributed by atoms with Crippen LogP contribution in [-0.4, -0.2) is 30.9 Å². The van der Waals surface area contributed by atoms with Gasteiger partial charge in [0.25, 0.3) is 0 Å². The average molecular weight is 266 g/mol. The van der Waals surface area contributed by atoms with Crippen molar-refractivity contribution in [1.29, 1.82) is 0 Å². The smallest absolute Gasteiger partial charge is 0.307 e. The molecule has 1 aromatic rings. The molecule has 106 valence electrons. The number of benzene rings is 1. The van der Waals surface area contributed by atoms with Gasteiger partial charge in [0.05, 0.1) is 13.0 Å². The van der Waals surface area contributed by atoms with Gasteiger partial charge in [0.2, 0.25) is 0 Å².